The minimum absolute atomic E-state index is 0.255. The second-order valence-electron chi connectivity index (χ2n) is 6.26. The summed E-state index contributed by atoms with van der Waals surface area (Å²) in [5.41, 5.74) is 2.13. The number of para-hydroxylation sites is 2. The van der Waals surface area contributed by atoms with Gasteiger partial charge in [0.05, 0.1) is 0 Å². The molecule has 0 aliphatic rings. The number of aryl methyl sites for hydroxylation is 1. The molecule has 27 heavy (non-hydrogen) atoms. The number of ether oxygens (including phenoxy) is 1. The Balaban J connectivity index is 1.76. The van der Waals surface area contributed by atoms with E-state index >= 15 is 0 Å². The number of unbranched alkanes of at least 4 members (excludes halogenated alkanes) is 2. The van der Waals surface area contributed by atoms with Gasteiger partial charge in [-0.1, -0.05) is 54.6 Å². The molecule has 6 heteroatoms. The monoisotopic (exact) mass is 383 g/mol. The molecular formula is C21H25N3O2S. The van der Waals surface area contributed by atoms with E-state index in [1.807, 2.05) is 49.4 Å². The highest BCUT2D eigenvalue weighted by Crippen LogP contribution is 2.24. The summed E-state index contributed by atoms with van der Waals surface area (Å²) < 4.78 is 8.06. The van der Waals surface area contributed by atoms with E-state index in [9.17, 15) is 0 Å². The van der Waals surface area contributed by atoms with Gasteiger partial charge >= 0.3 is 0 Å². The van der Waals surface area contributed by atoms with Crippen molar-refractivity contribution in [1.82, 2.24) is 14.8 Å². The second-order valence-corrected chi connectivity index (χ2v) is 7.32. The maximum atomic E-state index is 8.90. The van der Waals surface area contributed by atoms with E-state index in [1.54, 1.807) is 11.8 Å². The van der Waals surface area contributed by atoms with Crippen molar-refractivity contribution in [1.29, 1.82) is 0 Å². The average molecular weight is 384 g/mol. The third-order valence-electron chi connectivity index (χ3n) is 4.20. The summed E-state index contributed by atoms with van der Waals surface area (Å²) in [4.78, 5) is 0. The molecule has 0 saturated carbocycles. The van der Waals surface area contributed by atoms with Crippen molar-refractivity contribution in [2.75, 3.05) is 12.4 Å². The smallest absolute Gasteiger partial charge is 0.195 e. The topological polar surface area (TPSA) is 60.2 Å². The maximum absolute atomic E-state index is 8.90. The normalized spacial score (nSPS) is 10.9. The molecule has 0 aliphatic carbocycles. The molecule has 0 aliphatic heterocycles. The van der Waals surface area contributed by atoms with E-state index in [-0.39, 0.29) is 6.61 Å². The number of aliphatic hydroxyl groups excluding tert-OH is 1. The van der Waals surface area contributed by atoms with E-state index in [2.05, 4.69) is 26.9 Å². The zero-order valence-corrected chi connectivity index (χ0v) is 16.4. The Labute approximate surface area is 164 Å². The predicted octanol–water partition coefficient (Wildman–Crippen LogP) is 4.41. The summed E-state index contributed by atoms with van der Waals surface area (Å²) >= 11 is 1.69. The largest absolute Gasteiger partial charge is 0.485 e. The molecule has 142 valence electrons. The Kier molecular flexibility index (Phi) is 7.30. The molecule has 1 heterocycles. The molecule has 0 fully saturated rings. The number of aromatic nitrogens is 3. The predicted molar refractivity (Wildman–Crippen MR) is 109 cm³/mol. The zero-order valence-electron chi connectivity index (χ0n) is 15.5. The van der Waals surface area contributed by atoms with Crippen molar-refractivity contribution in [3.63, 3.8) is 0 Å². The van der Waals surface area contributed by atoms with Crippen molar-refractivity contribution in [2.45, 2.75) is 37.9 Å². The van der Waals surface area contributed by atoms with Gasteiger partial charge in [0.25, 0.3) is 0 Å². The summed E-state index contributed by atoms with van der Waals surface area (Å²) in [6.07, 6.45) is 2.91. The van der Waals surface area contributed by atoms with Crippen LogP contribution in [0, 0.1) is 6.92 Å². The number of hydrogen-bond donors (Lipinski definition) is 1. The second kappa shape index (κ2) is 10.1. The van der Waals surface area contributed by atoms with Gasteiger partial charge in [-0.25, -0.2) is 0 Å². The number of hydrogen-bond acceptors (Lipinski definition) is 5. The summed E-state index contributed by atoms with van der Waals surface area (Å²) in [5, 5.41) is 18.5. The first-order valence-electron chi connectivity index (χ1n) is 9.21. The van der Waals surface area contributed by atoms with Crippen LogP contribution in [-0.2, 0) is 6.61 Å². The molecular weight excluding hydrogens is 358 g/mol. The van der Waals surface area contributed by atoms with Crippen molar-refractivity contribution in [2.24, 2.45) is 0 Å². The number of nitrogens with zero attached hydrogens (tertiary/aromatic N) is 3. The van der Waals surface area contributed by atoms with E-state index in [0.717, 1.165) is 53.0 Å². The minimum atomic E-state index is 0.255. The van der Waals surface area contributed by atoms with E-state index in [4.69, 9.17) is 9.84 Å². The highest BCUT2D eigenvalue weighted by molar-refractivity contribution is 7.99. The first kappa shape index (κ1) is 19.5. The Morgan fingerprint density at radius 2 is 1.74 bits per heavy atom. The lowest BCUT2D eigenvalue weighted by atomic mass is 10.2. The molecule has 0 spiro atoms. The Morgan fingerprint density at radius 3 is 2.52 bits per heavy atom. The van der Waals surface area contributed by atoms with Gasteiger partial charge in [0, 0.05) is 18.0 Å². The fourth-order valence-corrected chi connectivity index (χ4v) is 3.71. The van der Waals surface area contributed by atoms with E-state index in [1.165, 1.54) is 0 Å². The van der Waals surface area contributed by atoms with Crippen LogP contribution in [0.25, 0.3) is 5.69 Å². The molecule has 1 N–H and O–H groups in total. The highest BCUT2D eigenvalue weighted by atomic mass is 32.2. The fourth-order valence-electron chi connectivity index (χ4n) is 2.74. The number of thioether (sulfide) groups is 1. The van der Waals surface area contributed by atoms with Crippen LogP contribution in [-0.4, -0.2) is 32.2 Å². The van der Waals surface area contributed by atoms with Crippen molar-refractivity contribution in [3.8, 4) is 11.4 Å². The van der Waals surface area contributed by atoms with Gasteiger partial charge in [-0.2, -0.15) is 0 Å². The van der Waals surface area contributed by atoms with Crippen LogP contribution in [0.3, 0.4) is 0 Å². The third kappa shape index (κ3) is 5.34. The SMILES string of the molecule is Cc1ccccc1OCc1nnc(SCCCCCO)n1-c1ccccc1. The van der Waals surface area contributed by atoms with Crippen molar-refractivity contribution < 1.29 is 9.84 Å². The summed E-state index contributed by atoms with van der Waals surface area (Å²) in [7, 11) is 0. The molecule has 5 nitrogen and oxygen atoms in total. The lowest BCUT2D eigenvalue weighted by Gasteiger charge is -2.12. The fraction of sp³-hybridized carbons (Fsp3) is 0.333. The van der Waals surface area contributed by atoms with Crippen LogP contribution in [0.5, 0.6) is 5.75 Å². The first-order valence-corrected chi connectivity index (χ1v) is 10.2. The van der Waals surface area contributed by atoms with E-state index in [0.29, 0.717) is 6.61 Å². The summed E-state index contributed by atoms with van der Waals surface area (Å²) in [6, 6.07) is 18.1. The Bertz CT molecular complexity index is 836. The van der Waals surface area contributed by atoms with Crippen molar-refractivity contribution in [3.05, 3.63) is 66.0 Å². The number of benzene rings is 2. The third-order valence-corrected chi connectivity index (χ3v) is 5.21. The van der Waals surface area contributed by atoms with E-state index < -0.39 is 0 Å². The molecule has 0 radical (unpaired) electrons. The molecule has 0 amide bonds. The lowest BCUT2D eigenvalue weighted by molar-refractivity contribution is 0.284. The van der Waals surface area contributed by atoms with Gasteiger partial charge in [0.1, 0.15) is 12.4 Å². The lowest BCUT2D eigenvalue weighted by Crippen LogP contribution is -2.07. The maximum Gasteiger partial charge on any atom is 0.195 e. The van der Waals surface area contributed by atoms with Gasteiger partial charge < -0.3 is 9.84 Å². The summed E-state index contributed by atoms with van der Waals surface area (Å²) in [6.45, 7) is 2.65. The molecule has 3 rings (SSSR count). The zero-order chi connectivity index (χ0) is 18.9. The van der Waals surface area contributed by atoms with Crippen LogP contribution in [0.15, 0.2) is 59.8 Å². The summed E-state index contributed by atoms with van der Waals surface area (Å²) in [5.74, 6) is 2.59. The van der Waals surface area contributed by atoms with Crippen molar-refractivity contribution >= 4 is 11.8 Å². The van der Waals surface area contributed by atoms with Crippen LogP contribution in [0.1, 0.15) is 30.7 Å². The van der Waals surface area contributed by atoms with Crippen LogP contribution in [0.2, 0.25) is 0 Å². The Hall–Kier alpha value is -2.31. The average Bonchev–Trinajstić information content (AvgIpc) is 3.10. The van der Waals surface area contributed by atoms with Crippen LogP contribution < -0.4 is 4.74 Å². The van der Waals surface area contributed by atoms with Gasteiger partial charge in [0.15, 0.2) is 11.0 Å². The number of aliphatic hydroxyl groups is 1. The first-order chi connectivity index (χ1) is 13.3. The van der Waals surface area contributed by atoms with Gasteiger partial charge in [-0.3, -0.25) is 4.57 Å². The minimum Gasteiger partial charge on any atom is -0.485 e. The number of rotatable bonds is 10. The molecule has 1 aromatic heterocycles. The van der Waals surface area contributed by atoms with Crippen LogP contribution in [0.4, 0.5) is 0 Å². The van der Waals surface area contributed by atoms with Gasteiger partial charge in [-0.05, 0) is 43.5 Å². The van der Waals surface area contributed by atoms with Crippen LogP contribution >= 0.6 is 11.8 Å². The molecule has 0 unspecified atom stereocenters. The standard InChI is InChI=1S/C21H25N3O2S/c1-17-10-6-7-13-19(17)26-16-20-22-23-21(27-15-9-3-8-14-25)24(20)18-11-4-2-5-12-18/h2,4-7,10-13,25H,3,8-9,14-16H2,1H3. The molecule has 0 saturated heterocycles. The Morgan fingerprint density at radius 1 is 0.963 bits per heavy atom. The highest BCUT2D eigenvalue weighted by Gasteiger charge is 2.15. The molecule has 3 aromatic rings. The molecule has 0 atom stereocenters. The van der Waals surface area contributed by atoms with Gasteiger partial charge in [-0.15, -0.1) is 10.2 Å². The van der Waals surface area contributed by atoms with Gasteiger partial charge in [0.2, 0.25) is 0 Å². The molecule has 2 aromatic carbocycles. The quantitative estimate of drug-likeness (QED) is 0.415. The molecule has 0 bridgehead atoms.